The maximum absolute atomic E-state index is 5.56. The Hall–Kier alpha value is -1.22. The number of hydrogen-bond acceptors (Lipinski definition) is 3. The summed E-state index contributed by atoms with van der Waals surface area (Å²) in [5, 5.41) is 3.54. The second-order valence-corrected chi connectivity index (χ2v) is 4.75. The molecule has 0 bridgehead atoms. The number of nitrogens with zero attached hydrogens (tertiary/aromatic N) is 1. The van der Waals surface area contributed by atoms with Gasteiger partial charge in [-0.25, -0.2) is 0 Å². The highest BCUT2D eigenvalue weighted by Crippen LogP contribution is 2.24. The lowest BCUT2D eigenvalue weighted by Gasteiger charge is -2.34. The maximum Gasteiger partial charge on any atom is 0.121 e. The molecule has 0 saturated carbocycles. The number of hydrogen-bond donors (Lipinski definition) is 1. The molecular formula is C15H24N2O. The van der Waals surface area contributed by atoms with Crippen molar-refractivity contribution in [3.63, 3.8) is 0 Å². The third kappa shape index (κ3) is 3.39. The van der Waals surface area contributed by atoms with Crippen LogP contribution in [0.4, 0.5) is 5.69 Å². The smallest absolute Gasteiger partial charge is 0.121 e. The van der Waals surface area contributed by atoms with Crippen molar-refractivity contribution in [2.24, 2.45) is 0 Å². The molecule has 2 rings (SSSR count). The third-order valence-corrected chi connectivity index (χ3v) is 3.48. The number of benzene rings is 1. The molecule has 1 saturated heterocycles. The average molecular weight is 248 g/mol. The SMILES string of the molecule is CCNC1CCN(c2cccc(OCC)c2)CC1. The summed E-state index contributed by atoms with van der Waals surface area (Å²) >= 11 is 0. The van der Waals surface area contributed by atoms with E-state index in [1.807, 2.05) is 13.0 Å². The molecule has 1 N–H and O–H groups in total. The van der Waals surface area contributed by atoms with Gasteiger partial charge in [0.05, 0.1) is 6.61 Å². The molecule has 1 heterocycles. The van der Waals surface area contributed by atoms with E-state index in [2.05, 4.69) is 35.3 Å². The summed E-state index contributed by atoms with van der Waals surface area (Å²) in [6, 6.07) is 9.13. The van der Waals surface area contributed by atoms with Crippen LogP contribution in [0.5, 0.6) is 5.75 Å². The summed E-state index contributed by atoms with van der Waals surface area (Å²) < 4.78 is 5.56. The molecule has 100 valence electrons. The first-order valence-corrected chi connectivity index (χ1v) is 7.04. The van der Waals surface area contributed by atoms with Crippen molar-refractivity contribution < 1.29 is 4.74 Å². The topological polar surface area (TPSA) is 24.5 Å². The minimum Gasteiger partial charge on any atom is -0.494 e. The van der Waals surface area contributed by atoms with Gasteiger partial charge in [-0.15, -0.1) is 0 Å². The summed E-state index contributed by atoms with van der Waals surface area (Å²) in [7, 11) is 0. The van der Waals surface area contributed by atoms with Crippen LogP contribution < -0.4 is 15.0 Å². The molecule has 0 aliphatic carbocycles. The highest BCUT2D eigenvalue weighted by Gasteiger charge is 2.18. The normalized spacial score (nSPS) is 16.9. The highest BCUT2D eigenvalue weighted by molar-refractivity contribution is 5.51. The summed E-state index contributed by atoms with van der Waals surface area (Å²) in [5.74, 6) is 0.976. The van der Waals surface area contributed by atoms with Crippen molar-refractivity contribution >= 4 is 5.69 Å². The van der Waals surface area contributed by atoms with Gasteiger partial charge in [-0.2, -0.15) is 0 Å². The second kappa shape index (κ2) is 6.64. The predicted molar refractivity (Wildman–Crippen MR) is 76.5 cm³/mol. The van der Waals surface area contributed by atoms with E-state index in [0.717, 1.165) is 32.0 Å². The van der Waals surface area contributed by atoms with Gasteiger partial charge in [0.1, 0.15) is 5.75 Å². The van der Waals surface area contributed by atoms with Crippen molar-refractivity contribution in [2.75, 3.05) is 31.1 Å². The lowest BCUT2D eigenvalue weighted by atomic mass is 10.0. The summed E-state index contributed by atoms with van der Waals surface area (Å²) in [6.45, 7) is 8.27. The zero-order valence-corrected chi connectivity index (χ0v) is 11.5. The van der Waals surface area contributed by atoms with Gasteiger partial charge in [-0.3, -0.25) is 0 Å². The molecule has 1 aromatic rings. The van der Waals surface area contributed by atoms with E-state index in [1.54, 1.807) is 0 Å². The van der Waals surface area contributed by atoms with Crippen LogP contribution in [0.25, 0.3) is 0 Å². The Morgan fingerprint density at radius 1 is 1.28 bits per heavy atom. The van der Waals surface area contributed by atoms with Crippen LogP contribution in [0.2, 0.25) is 0 Å². The first kappa shape index (κ1) is 13.2. The highest BCUT2D eigenvalue weighted by atomic mass is 16.5. The number of piperidine rings is 1. The predicted octanol–water partition coefficient (Wildman–Crippen LogP) is 2.66. The summed E-state index contributed by atoms with van der Waals surface area (Å²) in [4.78, 5) is 2.45. The maximum atomic E-state index is 5.56. The molecule has 0 spiro atoms. The van der Waals surface area contributed by atoms with Crippen LogP contribution in [0, 0.1) is 0 Å². The molecule has 0 radical (unpaired) electrons. The Balaban J connectivity index is 1.94. The van der Waals surface area contributed by atoms with E-state index < -0.39 is 0 Å². The van der Waals surface area contributed by atoms with Crippen LogP contribution in [-0.2, 0) is 0 Å². The van der Waals surface area contributed by atoms with Crippen LogP contribution in [0.15, 0.2) is 24.3 Å². The number of nitrogens with one attached hydrogen (secondary N) is 1. The van der Waals surface area contributed by atoms with Gasteiger partial charge in [0.25, 0.3) is 0 Å². The zero-order valence-electron chi connectivity index (χ0n) is 11.5. The molecule has 0 aromatic heterocycles. The van der Waals surface area contributed by atoms with Crippen LogP contribution >= 0.6 is 0 Å². The Labute approximate surface area is 110 Å². The monoisotopic (exact) mass is 248 g/mol. The van der Waals surface area contributed by atoms with Crippen molar-refractivity contribution in [3.05, 3.63) is 24.3 Å². The molecule has 0 amide bonds. The average Bonchev–Trinajstić information content (AvgIpc) is 2.41. The fraction of sp³-hybridized carbons (Fsp3) is 0.600. The van der Waals surface area contributed by atoms with E-state index in [-0.39, 0.29) is 0 Å². The lowest BCUT2D eigenvalue weighted by molar-refractivity contribution is 0.340. The van der Waals surface area contributed by atoms with Gasteiger partial charge < -0.3 is 15.0 Å². The van der Waals surface area contributed by atoms with Crippen LogP contribution in [0.3, 0.4) is 0 Å². The van der Waals surface area contributed by atoms with Crippen LogP contribution in [0.1, 0.15) is 26.7 Å². The molecular weight excluding hydrogens is 224 g/mol. The van der Waals surface area contributed by atoms with Gasteiger partial charge in [0.15, 0.2) is 0 Å². The van der Waals surface area contributed by atoms with Gasteiger partial charge in [0, 0.05) is 30.9 Å². The standard InChI is InChI=1S/C15H24N2O/c1-3-16-13-8-10-17(11-9-13)14-6-5-7-15(12-14)18-4-2/h5-7,12-13,16H,3-4,8-11H2,1-2H3. The van der Waals surface area contributed by atoms with Crippen molar-refractivity contribution in [2.45, 2.75) is 32.7 Å². The van der Waals surface area contributed by atoms with Crippen molar-refractivity contribution in [1.82, 2.24) is 5.32 Å². The molecule has 0 unspecified atom stereocenters. The molecule has 1 fully saturated rings. The minimum atomic E-state index is 0.696. The van der Waals surface area contributed by atoms with Crippen LogP contribution in [-0.4, -0.2) is 32.3 Å². The Kier molecular flexibility index (Phi) is 4.88. The van der Waals surface area contributed by atoms with Gasteiger partial charge in [-0.05, 0) is 38.4 Å². The molecule has 1 aromatic carbocycles. The molecule has 3 heteroatoms. The van der Waals surface area contributed by atoms with E-state index in [9.17, 15) is 0 Å². The second-order valence-electron chi connectivity index (χ2n) is 4.75. The first-order chi connectivity index (χ1) is 8.83. The number of rotatable bonds is 5. The molecule has 0 atom stereocenters. The van der Waals surface area contributed by atoms with E-state index in [0.29, 0.717) is 6.04 Å². The van der Waals surface area contributed by atoms with Crippen molar-refractivity contribution in [3.8, 4) is 5.75 Å². The third-order valence-electron chi connectivity index (χ3n) is 3.48. The van der Waals surface area contributed by atoms with Gasteiger partial charge in [0.2, 0.25) is 0 Å². The van der Waals surface area contributed by atoms with Gasteiger partial charge in [-0.1, -0.05) is 13.0 Å². The van der Waals surface area contributed by atoms with E-state index in [1.165, 1.54) is 18.5 Å². The van der Waals surface area contributed by atoms with Gasteiger partial charge >= 0.3 is 0 Å². The number of ether oxygens (including phenoxy) is 1. The summed E-state index contributed by atoms with van der Waals surface area (Å²) in [6.07, 6.45) is 2.46. The zero-order chi connectivity index (χ0) is 12.8. The number of anilines is 1. The fourth-order valence-electron chi connectivity index (χ4n) is 2.57. The Bertz CT molecular complexity index is 359. The van der Waals surface area contributed by atoms with E-state index >= 15 is 0 Å². The largest absolute Gasteiger partial charge is 0.494 e. The first-order valence-electron chi connectivity index (χ1n) is 7.04. The molecule has 1 aliphatic heterocycles. The molecule has 18 heavy (non-hydrogen) atoms. The summed E-state index contributed by atoms with van der Waals surface area (Å²) in [5.41, 5.74) is 1.29. The Morgan fingerprint density at radius 3 is 2.72 bits per heavy atom. The molecule has 3 nitrogen and oxygen atoms in total. The quantitative estimate of drug-likeness (QED) is 0.867. The van der Waals surface area contributed by atoms with E-state index in [4.69, 9.17) is 4.74 Å². The molecule has 1 aliphatic rings. The Morgan fingerprint density at radius 2 is 2.06 bits per heavy atom. The fourth-order valence-corrected chi connectivity index (χ4v) is 2.57. The van der Waals surface area contributed by atoms with Crippen molar-refractivity contribution in [1.29, 1.82) is 0 Å². The lowest BCUT2D eigenvalue weighted by Crippen LogP contribution is -2.42. The minimum absolute atomic E-state index is 0.696.